The summed E-state index contributed by atoms with van der Waals surface area (Å²) in [6.07, 6.45) is 0.922. The first-order valence-corrected chi connectivity index (χ1v) is 5.26. The molecule has 0 spiro atoms. The van der Waals surface area contributed by atoms with Crippen molar-refractivity contribution in [1.82, 2.24) is 4.57 Å². The number of aryl methyl sites for hydroxylation is 1. The third-order valence-corrected chi connectivity index (χ3v) is 2.75. The molecule has 0 unspecified atom stereocenters. The summed E-state index contributed by atoms with van der Waals surface area (Å²) < 4.78 is 20.1. The number of hydrogen-bond acceptors (Lipinski definition) is 2. The first-order valence-electron chi connectivity index (χ1n) is 5.26. The zero-order valence-corrected chi connectivity index (χ0v) is 9.72. The van der Waals surface area contributed by atoms with Gasteiger partial charge in [0.25, 0.3) is 0 Å². The van der Waals surface area contributed by atoms with E-state index in [1.807, 2.05) is 19.3 Å². The van der Waals surface area contributed by atoms with Gasteiger partial charge >= 0.3 is 0 Å². The Labute approximate surface area is 99.1 Å². The fraction of sp³-hybridized carbons (Fsp3) is 0.231. The molecule has 0 aliphatic carbocycles. The van der Waals surface area contributed by atoms with E-state index in [0.29, 0.717) is 17.0 Å². The largest absolute Gasteiger partial charge is 0.496 e. The summed E-state index contributed by atoms with van der Waals surface area (Å²) in [6, 6.07) is 7.71. The molecule has 1 heterocycles. The van der Waals surface area contributed by atoms with Crippen molar-refractivity contribution in [1.29, 1.82) is 0 Å². The second-order valence-electron chi connectivity index (χ2n) is 3.83. The van der Waals surface area contributed by atoms with Gasteiger partial charge in [-0.25, -0.2) is 4.39 Å². The topological polar surface area (TPSA) is 34.4 Å². The second-order valence-corrected chi connectivity index (χ2v) is 3.83. The summed E-state index contributed by atoms with van der Waals surface area (Å²) in [6.45, 7) is 0. The third kappa shape index (κ3) is 2.17. The van der Waals surface area contributed by atoms with Crippen LogP contribution in [0.5, 0.6) is 5.75 Å². The van der Waals surface area contributed by atoms with E-state index in [1.54, 1.807) is 10.6 Å². The van der Waals surface area contributed by atoms with Gasteiger partial charge in [0.2, 0.25) is 0 Å². The third-order valence-electron chi connectivity index (χ3n) is 2.75. The Hall–Kier alpha value is -1.81. The molecule has 0 amide bonds. The minimum atomic E-state index is -0.902. The zero-order chi connectivity index (χ0) is 12.4. The van der Waals surface area contributed by atoms with E-state index in [4.69, 9.17) is 4.74 Å². The highest BCUT2D eigenvalue weighted by atomic mass is 19.1. The van der Waals surface area contributed by atoms with Crippen molar-refractivity contribution < 1.29 is 14.2 Å². The molecule has 1 aromatic carbocycles. The molecule has 4 heteroatoms. The van der Waals surface area contributed by atoms with E-state index in [9.17, 15) is 9.50 Å². The first-order chi connectivity index (χ1) is 8.13. The Morgan fingerprint density at radius 3 is 2.71 bits per heavy atom. The highest BCUT2D eigenvalue weighted by Crippen LogP contribution is 2.30. The molecule has 0 saturated carbocycles. The number of aromatic nitrogens is 1. The van der Waals surface area contributed by atoms with Gasteiger partial charge in [0.15, 0.2) is 0 Å². The summed E-state index contributed by atoms with van der Waals surface area (Å²) in [7, 11) is 3.32. The number of nitrogens with zero attached hydrogens (tertiary/aromatic N) is 1. The van der Waals surface area contributed by atoms with E-state index in [2.05, 4.69) is 0 Å². The number of halogens is 1. The van der Waals surface area contributed by atoms with Crippen LogP contribution in [0.3, 0.4) is 0 Å². The summed E-state index contributed by atoms with van der Waals surface area (Å²) in [5.41, 5.74) is 1.11. The van der Waals surface area contributed by atoms with E-state index in [1.165, 1.54) is 25.3 Å². The lowest BCUT2D eigenvalue weighted by molar-refractivity contribution is 0.205. The van der Waals surface area contributed by atoms with Crippen LogP contribution in [0.2, 0.25) is 0 Å². The van der Waals surface area contributed by atoms with E-state index in [-0.39, 0.29) is 0 Å². The van der Waals surface area contributed by atoms with Gasteiger partial charge in [-0.3, -0.25) is 0 Å². The lowest BCUT2D eigenvalue weighted by atomic mass is 10.1. The highest BCUT2D eigenvalue weighted by Gasteiger charge is 2.18. The number of methoxy groups -OCH3 is 1. The van der Waals surface area contributed by atoms with Gasteiger partial charge in [-0.15, -0.1) is 0 Å². The molecular formula is C13H14FNO2. The van der Waals surface area contributed by atoms with Crippen LogP contribution in [0.25, 0.3) is 0 Å². The molecule has 17 heavy (non-hydrogen) atoms. The minimum absolute atomic E-state index is 0.394. The molecule has 2 aromatic rings. The summed E-state index contributed by atoms with van der Waals surface area (Å²) in [5, 5.41) is 10.2. The van der Waals surface area contributed by atoms with Crippen LogP contribution < -0.4 is 4.74 Å². The maximum atomic E-state index is 13.2. The molecule has 0 bridgehead atoms. The van der Waals surface area contributed by atoms with Crippen LogP contribution >= 0.6 is 0 Å². The second kappa shape index (κ2) is 4.59. The Bertz CT molecular complexity index is 522. The fourth-order valence-electron chi connectivity index (χ4n) is 1.84. The van der Waals surface area contributed by atoms with E-state index in [0.717, 1.165) is 0 Å². The van der Waals surface area contributed by atoms with Gasteiger partial charge in [0, 0.05) is 18.8 Å². The number of rotatable bonds is 3. The molecule has 1 aromatic heterocycles. The maximum Gasteiger partial charge on any atom is 0.125 e. The smallest absolute Gasteiger partial charge is 0.125 e. The molecule has 2 rings (SSSR count). The first kappa shape index (κ1) is 11.7. The average molecular weight is 235 g/mol. The van der Waals surface area contributed by atoms with Crippen molar-refractivity contribution in [2.75, 3.05) is 7.11 Å². The standard InChI is InChI=1S/C13H14FNO2/c1-15-7-3-4-11(15)13(16)10-8-9(14)5-6-12(10)17-2/h3-8,13,16H,1-2H3/t13-/m0/s1. The normalized spacial score (nSPS) is 12.5. The average Bonchev–Trinajstić information content (AvgIpc) is 2.74. The van der Waals surface area contributed by atoms with Gasteiger partial charge in [0.05, 0.1) is 12.8 Å². The number of aliphatic hydroxyl groups is 1. The minimum Gasteiger partial charge on any atom is -0.496 e. The lowest BCUT2D eigenvalue weighted by Crippen LogP contribution is -2.07. The molecular weight excluding hydrogens is 221 g/mol. The molecule has 0 aliphatic rings. The Morgan fingerprint density at radius 1 is 1.35 bits per heavy atom. The molecule has 0 aliphatic heterocycles. The molecule has 3 nitrogen and oxygen atoms in total. The predicted octanol–water partition coefficient (Wildman–Crippen LogP) is 2.25. The summed E-state index contributed by atoms with van der Waals surface area (Å²) >= 11 is 0. The van der Waals surface area contributed by atoms with Crippen molar-refractivity contribution in [3.8, 4) is 5.75 Å². The Kier molecular flexibility index (Phi) is 3.15. The Morgan fingerprint density at radius 2 is 2.12 bits per heavy atom. The SMILES string of the molecule is COc1ccc(F)cc1[C@H](O)c1cccn1C. The fourth-order valence-corrected chi connectivity index (χ4v) is 1.84. The highest BCUT2D eigenvalue weighted by molar-refractivity contribution is 5.39. The van der Waals surface area contributed by atoms with Crippen LogP contribution in [0.15, 0.2) is 36.5 Å². The van der Waals surface area contributed by atoms with Gasteiger partial charge in [0.1, 0.15) is 17.7 Å². The molecule has 0 radical (unpaired) electrons. The van der Waals surface area contributed by atoms with Gasteiger partial charge < -0.3 is 14.4 Å². The zero-order valence-electron chi connectivity index (χ0n) is 9.72. The number of ether oxygens (including phenoxy) is 1. The summed E-state index contributed by atoms with van der Waals surface area (Å²) in [5.74, 6) is 0.0779. The van der Waals surface area contributed by atoms with E-state index >= 15 is 0 Å². The van der Waals surface area contributed by atoms with Gasteiger partial charge in [-0.05, 0) is 30.3 Å². The Balaban J connectivity index is 2.46. The predicted molar refractivity (Wildman–Crippen MR) is 62.4 cm³/mol. The van der Waals surface area contributed by atoms with E-state index < -0.39 is 11.9 Å². The molecule has 90 valence electrons. The quantitative estimate of drug-likeness (QED) is 0.885. The van der Waals surface area contributed by atoms with Gasteiger partial charge in [-0.2, -0.15) is 0 Å². The number of hydrogen-bond donors (Lipinski definition) is 1. The van der Waals surface area contributed by atoms with Crippen molar-refractivity contribution in [3.63, 3.8) is 0 Å². The number of benzene rings is 1. The molecule has 0 fully saturated rings. The summed E-state index contributed by atoms with van der Waals surface area (Å²) in [4.78, 5) is 0. The number of aliphatic hydroxyl groups excluding tert-OH is 1. The van der Waals surface area contributed by atoms with Crippen molar-refractivity contribution in [2.24, 2.45) is 7.05 Å². The van der Waals surface area contributed by atoms with Crippen LogP contribution in [-0.2, 0) is 7.05 Å². The molecule has 1 atom stereocenters. The lowest BCUT2D eigenvalue weighted by Gasteiger charge is -2.15. The van der Waals surface area contributed by atoms with Crippen molar-refractivity contribution in [3.05, 3.63) is 53.6 Å². The van der Waals surface area contributed by atoms with Crippen LogP contribution in [-0.4, -0.2) is 16.8 Å². The van der Waals surface area contributed by atoms with Crippen LogP contribution in [0, 0.1) is 5.82 Å². The van der Waals surface area contributed by atoms with Crippen LogP contribution in [0.4, 0.5) is 4.39 Å². The molecule has 0 saturated heterocycles. The van der Waals surface area contributed by atoms with Gasteiger partial charge in [-0.1, -0.05) is 0 Å². The molecule has 1 N–H and O–H groups in total. The van der Waals surface area contributed by atoms with Crippen molar-refractivity contribution >= 4 is 0 Å². The van der Waals surface area contributed by atoms with Crippen LogP contribution in [0.1, 0.15) is 17.4 Å². The maximum absolute atomic E-state index is 13.2. The monoisotopic (exact) mass is 235 g/mol. The van der Waals surface area contributed by atoms with Crippen molar-refractivity contribution in [2.45, 2.75) is 6.10 Å².